The molecule has 1 rings (SSSR count). The van der Waals surface area contributed by atoms with Crippen molar-refractivity contribution in [1.82, 2.24) is 5.32 Å². The van der Waals surface area contributed by atoms with Gasteiger partial charge in [0, 0.05) is 6.04 Å². The lowest BCUT2D eigenvalue weighted by atomic mass is 9.71. The molecular formula is C16H33NO. The van der Waals surface area contributed by atoms with Gasteiger partial charge in [-0.1, -0.05) is 34.6 Å². The van der Waals surface area contributed by atoms with Gasteiger partial charge >= 0.3 is 0 Å². The van der Waals surface area contributed by atoms with Crippen molar-refractivity contribution in [3.8, 4) is 0 Å². The second kappa shape index (κ2) is 6.91. The fourth-order valence-corrected chi connectivity index (χ4v) is 3.66. The molecule has 4 atom stereocenters. The van der Waals surface area contributed by atoms with Crippen LogP contribution < -0.4 is 5.32 Å². The van der Waals surface area contributed by atoms with E-state index in [1.165, 1.54) is 19.3 Å². The Hall–Kier alpha value is -0.0800. The van der Waals surface area contributed by atoms with Gasteiger partial charge in [0.25, 0.3) is 0 Å². The highest BCUT2D eigenvalue weighted by molar-refractivity contribution is 4.85. The van der Waals surface area contributed by atoms with Crippen LogP contribution in [0.5, 0.6) is 0 Å². The topological polar surface area (TPSA) is 21.3 Å². The highest BCUT2D eigenvalue weighted by Gasteiger charge is 2.33. The van der Waals surface area contributed by atoms with E-state index >= 15 is 0 Å². The summed E-state index contributed by atoms with van der Waals surface area (Å²) >= 11 is 0. The molecule has 0 heterocycles. The van der Waals surface area contributed by atoms with Gasteiger partial charge in [0.1, 0.15) is 0 Å². The van der Waals surface area contributed by atoms with E-state index in [1.807, 2.05) is 0 Å². The first-order valence-electron chi connectivity index (χ1n) is 7.76. The summed E-state index contributed by atoms with van der Waals surface area (Å²) in [6.45, 7) is 14.8. The lowest BCUT2D eigenvalue weighted by Gasteiger charge is -2.40. The Morgan fingerprint density at radius 3 is 2.44 bits per heavy atom. The second-order valence-electron chi connectivity index (χ2n) is 6.95. The largest absolute Gasteiger partial charge is 0.374 e. The maximum absolute atomic E-state index is 6.34. The van der Waals surface area contributed by atoms with E-state index in [2.05, 4.69) is 46.9 Å². The minimum atomic E-state index is 0.320. The third-order valence-electron chi connectivity index (χ3n) is 4.23. The highest BCUT2D eigenvalue weighted by atomic mass is 16.5. The maximum atomic E-state index is 6.34. The monoisotopic (exact) mass is 255 g/mol. The van der Waals surface area contributed by atoms with Gasteiger partial charge in [-0.25, -0.2) is 0 Å². The van der Waals surface area contributed by atoms with Crippen molar-refractivity contribution in [1.29, 1.82) is 0 Å². The summed E-state index contributed by atoms with van der Waals surface area (Å²) in [6.07, 6.45) is 5.69. The number of hydrogen-bond donors (Lipinski definition) is 1. The summed E-state index contributed by atoms with van der Waals surface area (Å²) < 4.78 is 6.34. The highest BCUT2D eigenvalue weighted by Crippen LogP contribution is 2.40. The first-order chi connectivity index (χ1) is 8.38. The zero-order chi connectivity index (χ0) is 13.8. The predicted molar refractivity (Wildman–Crippen MR) is 78.9 cm³/mol. The Kier molecular flexibility index (Phi) is 6.13. The van der Waals surface area contributed by atoms with Crippen molar-refractivity contribution in [2.75, 3.05) is 6.54 Å². The van der Waals surface area contributed by atoms with Crippen LogP contribution in [0.25, 0.3) is 0 Å². The minimum Gasteiger partial charge on any atom is -0.374 e. The Bertz CT molecular complexity index is 239. The maximum Gasteiger partial charge on any atom is 0.0703 e. The summed E-state index contributed by atoms with van der Waals surface area (Å²) in [5.74, 6) is 0.796. The molecule has 0 spiro atoms. The number of hydrogen-bond acceptors (Lipinski definition) is 2. The smallest absolute Gasteiger partial charge is 0.0703 e. The zero-order valence-corrected chi connectivity index (χ0v) is 13.3. The van der Waals surface area contributed by atoms with Crippen molar-refractivity contribution >= 4 is 0 Å². The summed E-state index contributed by atoms with van der Waals surface area (Å²) in [6, 6.07) is 0.496. The fourth-order valence-electron chi connectivity index (χ4n) is 3.66. The summed E-state index contributed by atoms with van der Waals surface area (Å²) in [4.78, 5) is 0. The number of nitrogens with one attached hydrogen (secondary N) is 1. The first kappa shape index (κ1) is 16.0. The molecule has 2 nitrogen and oxygen atoms in total. The van der Waals surface area contributed by atoms with E-state index in [0.29, 0.717) is 23.7 Å². The van der Waals surface area contributed by atoms with Crippen molar-refractivity contribution in [3.63, 3.8) is 0 Å². The van der Waals surface area contributed by atoms with Crippen LogP contribution in [0.4, 0.5) is 0 Å². The molecule has 1 fully saturated rings. The molecule has 108 valence electrons. The summed E-state index contributed by atoms with van der Waals surface area (Å²) in [7, 11) is 0. The number of ether oxygens (including phenoxy) is 1. The SMILES string of the molecule is CCNC(CC)C(C)OC1CC(C)CC(C)(C)C1. The van der Waals surface area contributed by atoms with Crippen molar-refractivity contribution in [2.45, 2.75) is 85.5 Å². The molecule has 2 heteroatoms. The van der Waals surface area contributed by atoms with Gasteiger partial charge in [0.15, 0.2) is 0 Å². The molecule has 0 aliphatic heterocycles. The van der Waals surface area contributed by atoms with Crippen LogP contribution in [0.15, 0.2) is 0 Å². The van der Waals surface area contributed by atoms with E-state index < -0.39 is 0 Å². The quantitative estimate of drug-likeness (QED) is 0.774. The zero-order valence-electron chi connectivity index (χ0n) is 13.3. The minimum absolute atomic E-state index is 0.320. The van der Waals surface area contributed by atoms with Gasteiger partial charge in [-0.05, 0) is 50.5 Å². The van der Waals surface area contributed by atoms with Crippen molar-refractivity contribution in [2.24, 2.45) is 11.3 Å². The third-order valence-corrected chi connectivity index (χ3v) is 4.23. The average molecular weight is 255 g/mol. The van der Waals surface area contributed by atoms with Crippen LogP contribution in [0.2, 0.25) is 0 Å². The van der Waals surface area contributed by atoms with Crippen LogP contribution in [-0.2, 0) is 4.74 Å². The van der Waals surface area contributed by atoms with Crippen LogP contribution >= 0.6 is 0 Å². The van der Waals surface area contributed by atoms with E-state index in [4.69, 9.17) is 4.74 Å². The van der Waals surface area contributed by atoms with Gasteiger partial charge in [-0.2, -0.15) is 0 Å². The molecular weight excluding hydrogens is 222 g/mol. The van der Waals surface area contributed by atoms with E-state index in [0.717, 1.165) is 18.9 Å². The Morgan fingerprint density at radius 1 is 1.28 bits per heavy atom. The molecule has 0 amide bonds. The lowest BCUT2D eigenvalue weighted by Crippen LogP contribution is -2.43. The second-order valence-corrected chi connectivity index (χ2v) is 6.95. The molecule has 1 saturated carbocycles. The van der Waals surface area contributed by atoms with Crippen LogP contribution in [0.1, 0.15) is 67.2 Å². The molecule has 0 radical (unpaired) electrons. The van der Waals surface area contributed by atoms with E-state index in [-0.39, 0.29) is 0 Å². The molecule has 0 bridgehead atoms. The molecule has 1 aliphatic carbocycles. The average Bonchev–Trinajstić information content (AvgIpc) is 2.22. The van der Waals surface area contributed by atoms with E-state index in [1.54, 1.807) is 0 Å². The van der Waals surface area contributed by atoms with Crippen LogP contribution in [0, 0.1) is 11.3 Å². The molecule has 4 unspecified atom stereocenters. The Labute approximate surface area is 114 Å². The molecule has 0 aromatic rings. The van der Waals surface area contributed by atoms with Gasteiger partial charge < -0.3 is 10.1 Å². The summed E-state index contributed by atoms with van der Waals surface area (Å²) in [5.41, 5.74) is 0.446. The molecule has 18 heavy (non-hydrogen) atoms. The number of likely N-dealkylation sites (N-methyl/N-ethyl adjacent to an activating group) is 1. The first-order valence-corrected chi connectivity index (χ1v) is 7.76. The fraction of sp³-hybridized carbons (Fsp3) is 1.00. The molecule has 0 aromatic carbocycles. The van der Waals surface area contributed by atoms with Gasteiger partial charge in [-0.15, -0.1) is 0 Å². The van der Waals surface area contributed by atoms with Gasteiger partial charge in [0.05, 0.1) is 12.2 Å². The van der Waals surface area contributed by atoms with Gasteiger partial charge in [0.2, 0.25) is 0 Å². The Morgan fingerprint density at radius 2 is 1.94 bits per heavy atom. The molecule has 1 N–H and O–H groups in total. The molecule has 0 aromatic heterocycles. The van der Waals surface area contributed by atoms with Gasteiger partial charge in [-0.3, -0.25) is 0 Å². The standard InChI is InChI=1S/C16H33NO/c1-7-15(17-8-2)13(4)18-14-9-12(3)10-16(5,6)11-14/h12-15,17H,7-11H2,1-6H3. The molecule has 0 saturated heterocycles. The third kappa shape index (κ3) is 4.89. The lowest BCUT2D eigenvalue weighted by molar-refractivity contribution is -0.0707. The Balaban J connectivity index is 2.50. The normalized spacial score (nSPS) is 31.0. The summed E-state index contributed by atoms with van der Waals surface area (Å²) in [5, 5.41) is 3.53. The van der Waals surface area contributed by atoms with Crippen molar-refractivity contribution < 1.29 is 4.74 Å². The molecule has 1 aliphatic rings. The van der Waals surface area contributed by atoms with Crippen molar-refractivity contribution in [3.05, 3.63) is 0 Å². The van der Waals surface area contributed by atoms with Crippen LogP contribution in [-0.4, -0.2) is 24.8 Å². The van der Waals surface area contributed by atoms with Crippen LogP contribution in [0.3, 0.4) is 0 Å². The number of rotatable bonds is 6. The van der Waals surface area contributed by atoms with E-state index in [9.17, 15) is 0 Å². The predicted octanol–water partition coefficient (Wildman–Crippen LogP) is 3.99.